The number of carbonyl (C=O) groups excluding carboxylic acids is 3. The van der Waals surface area contributed by atoms with Gasteiger partial charge in [0.2, 0.25) is 0 Å². The summed E-state index contributed by atoms with van der Waals surface area (Å²) in [5.74, 6) is 0.640. The van der Waals surface area contributed by atoms with E-state index < -0.39 is 11.2 Å². The van der Waals surface area contributed by atoms with Gasteiger partial charge in [0.05, 0.1) is 12.6 Å². The van der Waals surface area contributed by atoms with Crippen LogP contribution in [-0.4, -0.2) is 54.3 Å². The molecule has 0 aromatic rings. The Hall–Kier alpha value is -1.77. The lowest BCUT2D eigenvalue weighted by molar-refractivity contribution is -0.706. The second kappa shape index (κ2) is 10.3. The Kier molecular flexibility index (Phi) is 7.74. The molecular weight excluding hydrogens is 448 g/mol. The molecule has 196 valence electrons. The summed E-state index contributed by atoms with van der Waals surface area (Å²) in [7, 11) is 0. The maximum atomic E-state index is 12.9. The van der Waals surface area contributed by atoms with E-state index in [4.69, 9.17) is 19.9 Å². The zero-order valence-electron chi connectivity index (χ0n) is 21.7. The normalized spacial score (nSPS) is 39.9. The molecule has 35 heavy (non-hydrogen) atoms. The number of rotatable bonds is 7. The third kappa shape index (κ3) is 5.35. The number of fused-ring (bicyclic) bond motifs is 2. The molecular formula is C27H43N2O6+. The first-order valence-electron chi connectivity index (χ1n) is 13.3. The number of ether oxygens (including phenoxy) is 3. The molecule has 8 atom stereocenters. The van der Waals surface area contributed by atoms with Gasteiger partial charge in [-0.2, -0.15) is 0 Å². The van der Waals surface area contributed by atoms with Crippen molar-refractivity contribution in [2.24, 2.45) is 29.4 Å². The van der Waals surface area contributed by atoms with Gasteiger partial charge < -0.3 is 24.3 Å². The van der Waals surface area contributed by atoms with E-state index in [-0.39, 0.29) is 42.1 Å². The van der Waals surface area contributed by atoms with Crippen LogP contribution in [0.5, 0.6) is 0 Å². The summed E-state index contributed by atoms with van der Waals surface area (Å²) in [6.07, 6.45) is 8.37. The zero-order chi connectivity index (χ0) is 25.4. The van der Waals surface area contributed by atoms with Crippen LogP contribution in [0.2, 0.25) is 0 Å². The van der Waals surface area contributed by atoms with Crippen molar-refractivity contribution in [1.29, 1.82) is 0 Å². The van der Waals surface area contributed by atoms with Gasteiger partial charge in [-0.3, -0.25) is 10.5 Å². The lowest BCUT2D eigenvalue weighted by Gasteiger charge is -2.47. The second-order valence-electron chi connectivity index (χ2n) is 11.8. The highest BCUT2D eigenvalue weighted by molar-refractivity contribution is 5.88. The SMILES string of the molecule is CC=C(C)C(=O)OC(C)(C)C1(CC2CC(N)[NH2+]CC2CC=O)CC2CC3CCC(=O)OC3CC2O1. The third-order valence-corrected chi connectivity index (χ3v) is 9.27. The molecule has 1 aliphatic carbocycles. The third-order valence-electron chi connectivity index (χ3n) is 9.27. The monoisotopic (exact) mass is 491 g/mol. The van der Waals surface area contributed by atoms with Crippen LogP contribution >= 0.6 is 0 Å². The minimum Gasteiger partial charge on any atom is -0.462 e. The molecule has 3 heterocycles. The fourth-order valence-corrected chi connectivity index (χ4v) is 6.96. The van der Waals surface area contributed by atoms with Gasteiger partial charge in [0.15, 0.2) is 0 Å². The summed E-state index contributed by atoms with van der Waals surface area (Å²) < 4.78 is 18.8. The molecule has 0 radical (unpaired) electrons. The summed E-state index contributed by atoms with van der Waals surface area (Å²) in [4.78, 5) is 36.3. The van der Waals surface area contributed by atoms with E-state index in [1.165, 1.54) is 0 Å². The number of esters is 2. The number of hydrogen-bond donors (Lipinski definition) is 2. The number of aldehydes is 1. The van der Waals surface area contributed by atoms with Gasteiger partial charge in [0.25, 0.3) is 0 Å². The number of piperidine rings is 1. The van der Waals surface area contributed by atoms with Crippen LogP contribution in [0.25, 0.3) is 0 Å². The van der Waals surface area contributed by atoms with E-state index >= 15 is 0 Å². The Labute approximate surface area is 208 Å². The molecule has 3 saturated heterocycles. The van der Waals surface area contributed by atoms with Crippen molar-refractivity contribution in [2.75, 3.05) is 6.54 Å². The quantitative estimate of drug-likeness (QED) is 0.317. The van der Waals surface area contributed by atoms with Crippen LogP contribution < -0.4 is 11.1 Å². The summed E-state index contributed by atoms with van der Waals surface area (Å²) in [5.41, 5.74) is 5.31. The molecule has 0 aromatic carbocycles. The van der Waals surface area contributed by atoms with E-state index in [0.29, 0.717) is 43.1 Å². The van der Waals surface area contributed by atoms with Crippen LogP contribution in [0.15, 0.2) is 11.6 Å². The zero-order valence-corrected chi connectivity index (χ0v) is 21.7. The number of nitrogens with two attached hydrogens (primary N) is 2. The van der Waals surface area contributed by atoms with E-state index in [1.807, 2.05) is 20.8 Å². The number of quaternary nitrogens is 1. The average molecular weight is 492 g/mol. The lowest BCUT2D eigenvalue weighted by atomic mass is 9.67. The molecule has 0 spiro atoms. The Morgan fingerprint density at radius 1 is 1.23 bits per heavy atom. The highest BCUT2D eigenvalue weighted by atomic mass is 16.6. The van der Waals surface area contributed by atoms with Crippen molar-refractivity contribution < 1.29 is 33.9 Å². The van der Waals surface area contributed by atoms with Crippen LogP contribution in [0.1, 0.15) is 79.1 Å². The lowest BCUT2D eigenvalue weighted by Crippen LogP contribution is -2.96. The first kappa shape index (κ1) is 26.3. The Morgan fingerprint density at radius 3 is 2.71 bits per heavy atom. The highest BCUT2D eigenvalue weighted by Crippen LogP contribution is 2.54. The standard InChI is InChI=1S/C27H42N2O6/c1-5-16(2)25(32)35-26(3,4)27(13-19-11-23(28)29-15-18(19)8-9-30)14-20-10-17-6-7-24(31)33-21(17)12-22(20)34-27/h5,9,17-23,29H,6-8,10-15,28H2,1-4H3/p+1. The van der Waals surface area contributed by atoms with Crippen molar-refractivity contribution in [1.82, 2.24) is 0 Å². The summed E-state index contributed by atoms with van der Waals surface area (Å²) in [5, 5.41) is 2.12. The first-order valence-corrected chi connectivity index (χ1v) is 13.3. The number of allylic oxidation sites excluding steroid dienone is 1. The fraction of sp³-hybridized carbons (Fsp3) is 0.815. The minimum atomic E-state index is -0.884. The largest absolute Gasteiger partial charge is 0.462 e. The minimum absolute atomic E-state index is 0.0122. The van der Waals surface area contributed by atoms with Gasteiger partial charge in [-0.1, -0.05) is 6.08 Å². The molecule has 0 bridgehead atoms. The van der Waals surface area contributed by atoms with Gasteiger partial charge in [-0.15, -0.1) is 0 Å². The maximum absolute atomic E-state index is 12.9. The molecule has 4 fully saturated rings. The number of hydrogen-bond acceptors (Lipinski definition) is 7. The first-order chi connectivity index (χ1) is 16.6. The van der Waals surface area contributed by atoms with Crippen molar-refractivity contribution in [2.45, 2.75) is 109 Å². The van der Waals surface area contributed by atoms with E-state index in [9.17, 15) is 14.4 Å². The fourth-order valence-electron chi connectivity index (χ4n) is 6.96. The van der Waals surface area contributed by atoms with Crippen molar-refractivity contribution >= 4 is 18.2 Å². The molecule has 1 saturated carbocycles. The molecule has 3 aliphatic heterocycles. The molecule has 8 nitrogen and oxygen atoms in total. The maximum Gasteiger partial charge on any atom is 0.334 e. The molecule has 8 unspecified atom stereocenters. The summed E-state index contributed by atoms with van der Waals surface area (Å²) >= 11 is 0. The number of carbonyl (C=O) groups is 3. The predicted octanol–water partition coefficient (Wildman–Crippen LogP) is 2.00. The highest BCUT2D eigenvalue weighted by Gasteiger charge is 2.60. The van der Waals surface area contributed by atoms with Crippen molar-refractivity contribution in [3.63, 3.8) is 0 Å². The molecule has 0 amide bonds. The molecule has 8 heteroatoms. The summed E-state index contributed by atoms with van der Waals surface area (Å²) in [6.45, 7) is 8.32. The van der Waals surface area contributed by atoms with Gasteiger partial charge in [-0.05, 0) is 71.1 Å². The molecule has 4 N–H and O–H groups in total. The van der Waals surface area contributed by atoms with Crippen LogP contribution in [0, 0.1) is 23.7 Å². The smallest absolute Gasteiger partial charge is 0.334 e. The van der Waals surface area contributed by atoms with Gasteiger partial charge in [0.1, 0.15) is 29.8 Å². The topological polar surface area (TPSA) is 122 Å². The van der Waals surface area contributed by atoms with Crippen molar-refractivity contribution in [3.8, 4) is 0 Å². The van der Waals surface area contributed by atoms with Gasteiger partial charge in [-0.25, -0.2) is 4.79 Å². The van der Waals surface area contributed by atoms with E-state index in [1.54, 1.807) is 13.0 Å². The van der Waals surface area contributed by atoms with Gasteiger partial charge >= 0.3 is 11.9 Å². The van der Waals surface area contributed by atoms with Gasteiger partial charge in [0, 0.05) is 37.2 Å². The Bertz CT molecular complexity index is 857. The molecule has 4 aliphatic rings. The van der Waals surface area contributed by atoms with Crippen LogP contribution in [0.3, 0.4) is 0 Å². The average Bonchev–Trinajstić information content (AvgIpc) is 3.17. The second-order valence-corrected chi connectivity index (χ2v) is 11.8. The van der Waals surface area contributed by atoms with Crippen LogP contribution in [0.4, 0.5) is 0 Å². The predicted molar refractivity (Wildman–Crippen MR) is 129 cm³/mol. The van der Waals surface area contributed by atoms with Crippen molar-refractivity contribution in [3.05, 3.63) is 11.6 Å². The van der Waals surface area contributed by atoms with Crippen LogP contribution in [-0.2, 0) is 28.6 Å². The Balaban J connectivity index is 1.63. The summed E-state index contributed by atoms with van der Waals surface area (Å²) in [6, 6.07) is 0. The van der Waals surface area contributed by atoms with E-state index in [2.05, 4.69) is 5.32 Å². The molecule has 4 rings (SSSR count). The van der Waals surface area contributed by atoms with E-state index in [0.717, 1.165) is 38.5 Å². The Morgan fingerprint density at radius 2 is 2.00 bits per heavy atom. The molecule has 0 aromatic heterocycles.